The number of carbonyl (C=O) groups excluding carboxylic acids is 1. The Balaban J connectivity index is 2.87. The third-order valence-electron chi connectivity index (χ3n) is 4.29. The van der Waals surface area contributed by atoms with Crippen molar-refractivity contribution >= 4 is 45.5 Å². The molecular weight excluding hydrogens is 422 g/mol. The van der Waals surface area contributed by atoms with Crippen LogP contribution in [-0.2, 0) is 14.4 Å². The molecule has 0 aromatic heterocycles. The number of rotatable bonds is 14. The van der Waals surface area contributed by atoms with Gasteiger partial charge in [0.2, 0.25) is 5.91 Å². The molecule has 0 saturated carbocycles. The van der Waals surface area contributed by atoms with E-state index in [1.807, 2.05) is 19.1 Å². The van der Waals surface area contributed by atoms with E-state index >= 15 is 0 Å². The number of hydrogen-bond acceptors (Lipinski definition) is 5. The van der Waals surface area contributed by atoms with Gasteiger partial charge in [0, 0.05) is 24.3 Å². The first-order valence-corrected chi connectivity index (χ1v) is 12.4. The number of unbranched alkanes of at least 4 members (excludes halogenated alkanes) is 1. The van der Waals surface area contributed by atoms with Gasteiger partial charge in [0.05, 0.1) is 0 Å². The molecule has 1 rings (SSSR count). The van der Waals surface area contributed by atoms with Gasteiger partial charge in [-0.05, 0) is 37.3 Å². The molecule has 0 aliphatic carbocycles. The highest BCUT2D eigenvalue weighted by molar-refractivity contribution is 8.76. The van der Waals surface area contributed by atoms with Crippen LogP contribution >= 0.6 is 21.6 Å². The Bertz CT molecular complexity index is 751. The number of nitrogens with one attached hydrogen (secondary N) is 1. The van der Waals surface area contributed by atoms with Crippen molar-refractivity contribution in [2.24, 2.45) is 0 Å². The maximum atomic E-state index is 11.3. The first kappa shape index (κ1) is 26.1. The predicted molar refractivity (Wildman–Crippen MR) is 125 cm³/mol. The number of hydrogen-bond donors (Lipinski definition) is 3. The Morgan fingerprint density at radius 2 is 1.97 bits per heavy atom. The topological polar surface area (TPSA) is 104 Å². The van der Waals surface area contributed by atoms with Gasteiger partial charge in [-0.15, -0.1) is 0 Å². The minimum atomic E-state index is -1.04. The Morgan fingerprint density at radius 3 is 2.57 bits per heavy atom. The molecule has 1 amide bonds. The zero-order valence-electron chi connectivity index (χ0n) is 17.7. The SMILES string of the molecule is CCC[C@@H](SSC[C@@H](NC(C)=O)C(=O)O)c1cc(C)ccc1/C=C/CCCC(=O)O. The molecule has 2 atom stereocenters. The number of carboxylic acids is 2. The summed E-state index contributed by atoms with van der Waals surface area (Å²) in [5.74, 6) is -1.89. The van der Waals surface area contributed by atoms with Crippen LogP contribution in [0.3, 0.4) is 0 Å². The fraction of sp³-hybridized carbons (Fsp3) is 0.500. The third-order valence-corrected chi connectivity index (χ3v) is 7.13. The first-order chi connectivity index (χ1) is 14.2. The fourth-order valence-corrected chi connectivity index (χ4v) is 5.81. The zero-order chi connectivity index (χ0) is 22.5. The van der Waals surface area contributed by atoms with E-state index in [1.54, 1.807) is 10.8 Å². The van der Waals surface area contributed by atoms with Crippen molar-refractivity contribution in [3.8, 4) is 0 Å². The second-order valence-electron chi connectivity index (χ2n) is 7.07. The van der Waals surface area contributed by atoms with Crippen LogP contribution in [0.25, 0.3) is 6.08 Å². The second kappa shape index (κ2) is 14.1. The Labute approximate surface area is 186 Å². The van der Waals surface area contributed by atoms with E-state index in [0.29, 0.717) is 12.8 Å². The van der Waals surface area contributed by atoms with Gasteiger partial charge < -0.3 is 15.5 Å². The largest absolute Gasteiger partial charge is 0.481 e. The minimum Gasteiger partial charge on any atom is -0.481 e. The number of allylic oxidation sites excluding steroid dienone is 1. The minimum absolute atomic E-state index is 0.162. The van der Waals surface area contributed by atoms with Gasteiger partial charge in [-0.3, -0.25) is 9.59 Å². The molecule has 0 spiro atoms. The third kappa shape index (κ3) is 10.2. The monoisotopic (exact) mass is 453 g/mol. The van der Waals surface area contributed by atoms with Crippen molar-refractivity contribution in [2.75, 3.05) is 5.75 Å². The predicted octanol–water partition coefficient (Wildman–Crippen LogP) is 5.08. The zero-order valence-corrected chi connectivity index (χ0v) is 19.4. The lowest BCUT2D eigenvalue weighted by Gasteiger charge is -2.20. The molecule has 0 fully saturated rings. The standard InChI is InChI=1S/C22H31NO5S2/c1-4-8-20(30-29-14-19(22(27)28)23-16(3)24)18-13-15(2)11-12-17(18)9-6-5-7-10-21(25)26/h6,9,11-13,19-20H,4-5,7-8,10,14H2,1-3H3,(H,23,24)(H,25,26)(H,27,28)/b9-6+/t19-,20-/m1/s1. The summed E-state index contributed by atoms with van der Waals surface area (Å²) in [6.45, 7) is 5.48. The van der Waals surface area contributed by atoms with Gasteiger partial charge in [-0.2, -0.15) is 0 Å². The van der Waals surface area contributed by atoms with E-state index in [1.165, 1.54) is 23.3 Å². The van der Waals surface area contributed by atoms with Crippen LogP contribution in [0.4, 0.5) is 0 Å². The maximum Gasteiger partial charge on any atom is 0.327 e. The molecule has 0 aliphatic heterocycles. The molecule has 0 radical (unpaired) electrons. The molecule has 30 heavy (non-hydrogen) atoms. The van der Waals surface area contributed by atoms with Crippen LogP contribution < -0.4 is 5.32 Å². The van der Waals surface area contributed by atoms with E-state index in [9.17, 15) is 19.5 Å². The first-order valence-electron chi connectivity index (χ1n) is 10.0. The molecule has 0 saturated heterocycles. The van der Waals surface area contributed by atoms with Crippen molar-refractivity contribution < 1.29 is 24.6 Å². The van der Waals surface area contributed by atoms with E-state index < -0.39 is 18.0 Å². The average molecular weight is 454 g/mol. The van der Waals surface area contributed by atoms with Gasteiger partial charge in [0.15, 0.2) is 0 Å². The number of benzene rings is 1. The molecule has 1 aromatic carbocycles. The summed E-state index contributed by atoms with van der Waals surface area (Å²) >= 11 is 0. The molecule has 6 nitrogen and oxygen atoms in total. The molecule has 3 N–H and O–H groups in total. The maximum absolute atomic E-state index is 11.3. The summed E-state index contributed by atoms with van der Waals surface area (Å²) in [6, 6.07) is 5.38. The lowest BCUT2D eigenvalue weighted by atomic mass is 9.98. The molecule has 0 aliphatic rings. The van der Waals surface area contributed by atoms with Crippen molar-refractivity contribution in [1.82, 2.24) is 5.32 Å². The van der Waals surface area contributed by atoms with Gasteiger partial charge in [-0.1, -0.05) is 70.8 Å². The normalized spacial score (nSPS) is 13.2. The summed E-state index contributed by atoms with van der Waals surface area (Å²) in [4.78, 5) is 33.2. The molecular formula is C22H31NO5S2. The highest BCUT2D eigenvalue weighted by Gasteiger charge is 2.21. The Morgan fingerprint density at radius 1 is 1.23 bits per heavy atom. The summed E-state index contributed by atoms with van der Waals surface area (Å²) in [5, 5.41) is 20.7. The summed E-state index contributed by atoms with van der Waals surface area (Å²) < 4.78 is 0. The number of aliphatic carboxylic acids is 2. The highest BCUT2D eigenvalue weighted by atomic mass is 33.1. The van der Waals surface area contributed by atoms with Crippen LogP contribution in [0.15, 0.2) is 24.3 Å². The number of amides is 1. The van der Waals surface area contributed by atoms with Crippen LogP contribution in [0.5, 0.6) is 0 Å². The molecule has 0 unspecified atom stereocenters. The van der Waals surface area contributed by atoms with E-state index in [4.69, 9.17) is 5.11 Å². The molecule has 166 valence electrons. The smallest absolute Gasteiger partial charge is 0.327 e. The van der Waals surface area contributed by atoms with Crippen molar-refractivity contribution in [3.05, 3.63) is 41.0 Å². The molecule has 1 aromatic rings. The average Bonchev–Trinajstić information content (AvgIpc) is 2.66. The lowest BCUT2D eigenvalue weighted by molar-refractivity contribution is -0.140. The molecule has 8 heteroatoms. The second-order valence-corrected chi connectivity index (χ2v) is 9.69. The highest BCUT2D eigenvalue weighted by Crippen LogP contribution is 2.43. The molecule has 0 heterocycles. The summed E-state index contributed by atoms with van der Waals surface area (Å²) in [5.41, 5.74) is 3.44. The number of carboxylic acid groups (broad SMARTS) is 2. The summed E-state index contributed by atoms with van der Waals surface area (Å²) in [6.07, 6.45) is 7.46. The van der Waals surface area contributed by atoms with Gasteiger partial charge in [0.1, 0.15) is 6.04 Å². The van der Waals surface area contributed by atoms with E-state index in [0.717, 1.165) is 24.0 Å². The van der Waals surface area contributed by atoms with Crippen LogP contribution in [0.1, 0.15) is 67.9 Å². The van der Waals surface area contributed by atoms with Gasteiger partial charge in [0.25, 0.3) is 0 Å². The van der Waals surface area contributed by atoms with Crippen LogP contribution in [-0.4, -0.2) is 39.9 Å². The van der Waals surface area contributed by atoms with Crippen molar-refractivity contribution in [1.29, 1.82) is 0 Å². The van der Waals surface area contributed by atoms with Gasteiger partial charge >= 0.3 is 11.9 Å². The number of carbonyl (C=O) groups is 3. The Hall–Kier alpha value is -1.93. The van der Waals surface area contributed by atoms with E-state index in [2.05, 4.69) is 30.4 Å². The summed E-state index contributed by atoms with van der Waals surface area (Å²) in [7, 11) is 3.09. The fourth-order valence-electron chi connectivity index (χ4n) is 2.83. The molecule has 0 bridgehead atoms. The lowest BCUT2D eigenvalue weighted by Crippen LogP contribution is -2.41. The van der Waals surface area contributed by atoms with Crippen LogP contribution in [0.2, 0.25) is 0 Å². The van der Waals surface area contributed by atoms with Crippen molar-refractivity contribution in [2.45, 2.75) is 64.2 Å². The quantitative estimate of drug-likeness (QED) is 0.267. The van der Waals surface area contributed by atoms with Crippen LogP contribution in [0, 0.1) is 6.92 Å². The Kier molecular flexibility index (Phi) is 12.3. The number of aryl methyl sites for hydroxylation is 1. The van der Waals surface area contributed by atoms with E-state index in [-0.39, 0.29) is 23.3 Å². The van der Waals surface area contributed by atoms with Crippen molar-refractivity contribution in [3.63, 3.8) is 0 Å². The van der Waals surface area contributed by atoms with Gasteiger partial charge in [-0.25, -0.2) is 4.79 Å².